The van der Waals surface area contributed by atoms with Crippen molar-refractivity contribution in [3.8, 4) is 23.3 Å². The Kier molecular flexibility index (Phi) is 5.36. The highest BCUT2D eigenvalue weighted by molar-refractivity contribution is 7.80. The van der Waals surface area contributed by atoms with Gasteiger partial charge in [-0.15, -0.1) is 0 Å². The average Bonchev–Trinajstić information content (AvgIpc) is 3.61. The molecule has 13 heteroatoms. The van der Waals surface area contributed by atoms with Crippen molar-refractivity contribution < 1.29 is 28.1 Å². The maximum atomic E-state index is 13.1. The Labute approximate surface area is 198 Å². The van der Waals surface area contributed by atoms with Crippen LogP contribution in [0.25, 0.3) is 0 Å². The topological polar surface area (TPSA) is 114 Å². The zero-order chi connectivity index (χ0) is 23.1. The summed E-state index contributed by atoms with van der Waals surface area (Å²) in [5.41, 5.74) is 0.679. The van der Waals surface area contributed by atoms with Gasteiger partial charge in [0, 0.05) is 11.8 Å². The van der Waals surface area contributed by atoms with E-state index in [1.165, 1.54) is 12.1 Å². The Hall–Kier alpha value is -3.55. The summed E-state index contributed by atoms with van der Waals surface area (Å²) in [4.78, 5) is 0. The summed E-state index contributed by atoms with van der Waals surface area (Å²) in [6, 6.07) is 10.9. The van der Waals surface area contributed by atoms with Crippen LogP contribution < -0.4 is 24.8 Å². The molecule has 0 saturated carbocycles. The fraction of sp³-hybridized carbons (Fsp3) is 0.333. The van der Waals surface area contributed by atoms with Gasteiger partial charge in [-0.25, -0.2) is 4.39 Å². The lowest BCUT2D eigenvalue weighted by molar-refractivity contribution is 0.0615. The van der Waals surface area contributed by atoms with E-state index in [9.17, 15) is 4.39 Å². The Bertz CT molecular complexity index is 1210. The largest absolute Gasteiger partial charge is 0.454 e. The lowest BCUT2D eigenvalue weighted by Crippen LogP contribution is -2.45. The summed E-state index contributed by atoms with van der Waals surface area (Å²) < 4.78 is 43.3. The van der Waals surface area contributed by atoms with Crippen LogP contribution in [-0.2, 0) is 9.47 Å². The van der Waals surface area contributed by atoms with E-state index in [4.69, 9.17) is 35.9 Å². The number of nitrogens with one attached hydrogen (secondary N) is 2. The molecule has 11 nitrogen and oxygen atoms in total. The van der Waals surface area contributed by atoms with Crippen LogP contribution >= 0.6 is 12.2 Å². The number of rotatable bonds is 5. The third-order valence-electron chi connectivity index (χ3n) is 5.78. The molecule has 34 heavy (non-hydrogen) atoms. The number of anilines is 1. The van der Waals surface area contributed by atoms with Gasteiger partial charge in [0.05, 0.1) is 19.3 Å². The molecule has 4 heterocycles. The highest BCUT2D eigenvalue weighted by Crippen LogP contribution is 2.38. The molecule has 3 aliphatic heterocycles. The fourth-order valence-corrected chi connectivity index (χ4v) is 4.46. The molecule has 0 bridgehead atoms. The minimum atomic E-state index is -0.314. The maximum absolute atomic E-state index is 13.1. The third-order valence-corrected chi connectivity index (χ3v) is 6.00. The van der Waals surface area contributed by atoms with Gasteiger partial charge in [-0.2, -0.15) is 4.68 Å². The molecule has 2 saturated heterocycles. The molecule has 4 unspecified atom stereocenters. The molecule has 176 valence electrons. The number of fused-ring (bicyclic) bond motifs is 2. The first-order valence-electron chi connectivity index (χ1n) is 10.6. The normalized spacial score (nSPS) is 24.6. The minimum absolute atomic E-state index is 0.175. The Morgan fingerprint density at radius 1 is 1.06 bits per heavy atom. The molecule has 1 aromatic heterocycles. The maximum Gasteiger partial charge on any atom is 0.341 e. The monoisotopic (exact) mass is 486 g/mol. The molecule has 0 spiro atoms. The molecule has 0 amide bonds. The third kappa shape index (κ3) is 3.97. The Morgan fingerprint density at radius 2 is 1.88 bits per heavy atom. The predicted molar refractivity (Wildman–Crippen MR) is 119 cm³/mol. The van der Waals surface area contributed by atoms with Crippen molar-refractivity contribution >= 4 is 23.0 Å². The number of benzene rings is 2. The van der Waals surface area contributed by atoms with Gasteiger partial charge in [0.1, 0.15) is 29.8 Å². The van der Waals surface area contributed by atoms with Crippen LogP contribution in [0.15, 0.2) is 42.5 Å². The summed E-state index contributed by atoms with van der Waals surface area (Å²) in [6.45, 7) is 0.903. The lowest BCUT2D eigenvalue weighted by atomic mass is 10.1. The second-order valence-corrected chi connectivity index (χ2v) is 8.31. The SMILES string of the molecule is Fc1ccc(NC(=S)NC2COC3C2OCC3n2nnnc2Oc2ccc3c(c2)OCO3)cc1. The molecule has 6 rings (SSSR count). The first-order valence-corrected chi connectivity index (χ1v) is 11.0. The first-order chi connectivity index (χ1) is 16.6. The molecule has 2 N–H and O–H groups in total. The van der Waals surface area contributed by atoms with Crippen molar-refractivity contribution in [2.75, 3.05) is 25.3 Å². The van der Waals surface area contributed by atoms with E-state index in [0.717, 1.165) is 0 Å². The zero-order valence-electron chi connectivity index (χ0n) is 17.6. The highest BCUT2D eigenvalue weighted by Gasteiger charge is 2.50. The summed E-state index contributed by atoms with van der Waals surface area (Å²) in [5, 5.41) is 18.5. The van der Waals surface area contributed by atoms with E-state index in [1.807, 2.05) is 0 Å². The van der Waals surface area contributed by atoms with Crippen LogP contribution in [-0.4, -0.2) is 63.6 Å². The van der Waals surface area contributed by atoms with Gasteiger partial charge in [-0.3, -0.25) is 0 Å². The molecule has 0 radical (unpaired) electrons. The number of tetrazole rings is 1. The minimum Gasteiger partial charge on any atom is -0.454 e. The standard InChI is InChI=1S/C21H19FN6O5S/c22-11-1-3-12(4-2-11)23-20(34)24-14-8-29-19-15(9-30-18(14)19)28-21(25-26-27-28)33-13-5-6-16-17(7-13)32-10-31-16/h1-7,14-15,18-19H,8-10H2,(H2,23,24,34). The number of halogens is 1. The van der Waals surface area contributed by atoms with Crippen LogP contribution in [0.5, 0.6) is 23.3 Å². The Morgan fingerprint density at radius 3 is 2.76 bits per heavy atom. The second kappa shape index (κ2) is 8.66. The second-order valence-electron chi connectivity index (χ2n) is 7.90. The highest BCUT2D eigenvalue weighted by atomic mass is 32.1. The Balaban J connectivity index is 1.11. The fourth-order valence-electron chi connectivity index (χ4n) is 4.19. The van der Waals surface area contributed by atoms with Crippen LogP contribution in [0.2, 0.25) is 0 Å². The number of thiocarbonyl (C=S) groups is 1. The van der Waals surface area contributed by atoms with Crippen molar-refractivity contribution in [1.29, 1.82) is 0 Å². The number of hydrogen-bond donors (Lipinski definition) is 2. The molecule has 3 aromatic rings. The van der Waals surface area contributed by atoms with Gasteiger partial charge in [0.25, 0.3) is 0 Å². The zero-order valence-corrected chi connectivity index (χ0v) is 18.4. The molecular weight excluding hydrogens is 467 g/mol. The molecule has 4 atom stereocenters. The summed E-state index contributed by atoms with van der Waals surface area (Å²) in [5.74, 6) is 1.45. The molecule has 0 aliphatic carbocycles. The van der Waals surface area contributed by atoms with Gasteiger partial charge >= 0.3 is 6.01 Å². The predicted octanol–water partition coefficient (Wildman–Crippen LogP) is 2.03. The van der Waals surface area contributed by atoms with E-state index < -0.39 is 0 Å². The van der Waals surface area contributed by atoms with E-state index >= 15 is 0 Å². The number of hydrogen-bond acceptors (Lipinski definition) is 9. The van der Waals surface area contributed by atoms with Gasteiger partial charge in [0.15, 0.2) is 16.6 Å². The van der Waals surface area contributed by atoms with Gasteiger partial charge in [0.2, 0.25) is 6.79 Å². The van der Waals surface area contributed by atoms with E-state index in [0.29, 0.717) is 41.3 Å². The summed E-state index contributed by atoms with van der Waals surface area (Å²) >= 11 is 5.40. The van der Waals surface area contributed by atoms with E-state index in [-0.39, 0.29) is 42.9 Å². The number of ether oxygens (including phenoxy) is 5. The van der Waals surface area contributed by atoms with Crippen LogP contribution in [0.1, 0.15) is 6.04 Å². The van der Waals surface area contributed by atoms with Gasteiger partial charge < -0.3 is 34.3 Å². The van der Waals surface area contributed by atoms with Crippen molar-refractivity contribution in [1.82, 2.24) is 25.5 Å². The number of nitrogens with zero attached hydrogens (tertiary/aromatic N) is 4. The lowest BCUT2D eigenvalue weighted by Gasteiger charge is -2.20. The van der Waals surface area contributed by atoms with Crippen LogP contribution in [0, 0.1) is 5.82 Å². The van der Waals surface area contributed by atoms with Crippen molar-refractivity contribution in [2.45, 2.75) is 24.3 Å². The van der Waals surface area contributed by atoms with Crippen molar-refractivity contribution in [3.63, 3.8) is 0 Å². The van der Waals surface area contributed by atoms with E-state index in [1.54, 1.807) is 35.0 Å². The van der Waals surface area contributed by atoms with Crippen LogP contribution in [0.3, 0.4) is 0 Å². The van der Waals surface area contributed by atoms with Crippen molar-refractivity contribution in [2.24, 2.45) is 0 Å². The van der Waals surface area contributed by atoms with Crippen molar-refractivity contribution in [3.05, 3.63) is 48.3 Å². The smallest absolute Gasteiger partial charge is 0.341 e. The molecular formula is C21H19FN6O5S. The molecule has 3 aliphatic rings. The molecule has 2 aromatic carbocycles. The van der Waals surface area contributed by atoms with E-state index in [2.05, 4.69) is 26.2 Å². The quantitative estimate of drug-likeness (QED) is 0.517. The molecule has 2 fully saturated rings. The summed E-state index contributed by atoms with van der Waals surface area (Å²) in [6.07, 6.45) is -0.561. The summed E-state index contributed by atoms with van der Waals surface area (Å²) in [7, 11) is 0. The average molecular weight is 486 g/mol. The van der Waals surface area contributed by atoms with Crippen LogP contribution in [0.4, 0.5) is 10.1 Å². The first kappa shape index (κ1) is 21.0. The van der Waals surface area contributed by atoms with Gasteiger partial charge in [-0.1, -0.05) is 5.10 Å². The van der Waals surface area contributed by atoms with Gasteiger partial charge in [-0.05, 0) is 59.0 Å². The number of aromatic nitrogens is 4.